The minimum Gasteiger partial charge on any atom is -0.481 e. The first kappa shape index (κ1) is 43.6. The summed E-state index contributed by atoms with van der Waals surface area (Å²) in [5, 5.41) is 72.0. The minimum atomic E-state index is -2.10. The molecule has 14 atom stereocenters. The van der Waals surface area contributed by atoms with E-state index in [1.54, 1.807) is 56.4 Å². The van der Waals surface area contributed by atoms with E-state index in [1.807, 2.05) is 6.08 Å². The Morgan fingerprint density at radius 1 is 0.962 bits per heavy atom. The smallest absolute Gasteiger partial charge is 0.330 e. The summed E-state index contributed by atoms with van der Waals surface area (Å²) in [6.07, 6.45) is 7.29. The molecular weight excluding hydrogens is 682 g/mol. The maximum absolute atomic E-state index is 12.3. The SMILES string of the molecule is CCCCO.C[C@@H]1C/C=C/C=C/C=C/C=C/[C@H](O[C@@H]2O[C@H](C)[C@@H](O)[C@H](N)[C@@H]2O)C[C@@H]2O[C@](O)(C[C@@H](O)C[C@H]3O[C@@H]3/C=C/C(=O)O1)C[C@H](O)[C@H]2C(=O)O. The van der Waals surface area contributed by atoms with Gasteiger partial charge in [0.2, 0.25) is 0 Å². The number of ether oxygens (including phenoxy) is 5. The number of hydrogen-bond donors (Lipinski definition) is 8. The molecule has 4 heterocycles. The van der Waals surface area contributed by atoms with E-state index in [0.717, 1.165) is 12.8 Å². The maximum atomic E-state index is 12.3. The molecule has 2 bridgehead atoms. The summed E-state index contributed by atoms with van der Waals surface area (Å²) in [6, 6.07) is -1.08. The molecule has 4 rings (SSSR count). The molecule has 9 N–H and O–H groups in total. The number of carboxylic acid groups (broad SMARTS) is 1. The molecular formula is C37H57NO14. The lowest BCUT2D eigenvalue weighted by Gasteiger charge is -2.45. The van der Waals surface area contributed by atoms with Gasteiger partial charge in [0.25, 0.3) is 0 Å². The Morgan fingerprint density at radius 2 is 1.65 bits per heavy atom. The first-order chi connectivity index (χ1) is 24.7. The molecule has 4 aliphatic heterocycles. The second kappa shape index (κ2) is 21.2. The largest absolute Gasteiger partial charge is 0.481 e. The highest BCUT2D eigenvalue weighted by molar-refractivity contribution is 5.82. The lowest BCUT2D eigenvalue weighted by atomic mass is 9.83. The van der Waals surface area contributed by atoms with Crippen LogP contribution in [0.4, 0.5) is 0 Å². The van der Waals surface area contributed by atoms with Gasteiger partial charge in [-0.05, 0) is 26.3 Å². The molecule has 0 saturated carbocycles. The number of esters is 1. The predicted molar refractivity (Wildman–Crippen MR) is 187 cm³/mol. The average Bonchev–Trinajstić information content (AvgIpc) is 3.80. The number of hydrogen-bond acceptors (Lipinski definition) is 14. The highest BCUT2D eigenvalue weighted by Gasteiger charge is 2.51. The van der Waals surface area contributed by atoms with Crippen LogP contribution in [0.3, 0.4) is 0 Å². The molecule has 0 aromatic rings. The Balaban J connectivity index is 0.00000136. The number of unbranched alkanes of at least 4 members (excludes halogenated alkanes) is 1. The van der Waals surface area contributed by atoms with Crippen LogP contribution < -0.4 is 5.73 Å². The number of carbonyl (C=O) groups is 2. The molecule has 0 aliphatic carbocycles. The van der Waals surface area contributed by atoms with Crippen LogP contribution in [0.1, 0.15) is 65.7 Å². The van der Waals surface area contributed by atoms with Gasteiger partial charge in [-0.25, -0.2) is 4.79 Å². The summed E-state index contributed by atoms with van der Waals surface area (Å²) in [5.74, 6) is -5.45. The normalized spacial score (nSPS) is 43.5. The molecule has 3 saturated heterocycles. The number of carboxylic acids is 1. The Kier molecular flexibility index (Phi) is 17.8. The minimum absolute atomic E-state index is 0.0789. The Morgan fingerprint density at radius 3 is 2.31 bits per heavy atom. The fraction of sp³-hybridized carbons (Fsp3) is 0.676. The second-order valence-corrected chi connectivity index (χ2v) is 13.7. The van der Waals surface area contributed by atoms with Gasteiger partial charge < -0.3 is 65.2 Å². The van der Waals surface area contributed by atoms with Crippen LogP contribution in [0.25, 0.3) is 0 Å². The summed E-state index contributed by atoms with van der Waals surface area (Å²) in [6.45, 7) is 5.73. The quantitative estimate of drug-likeness (QED) is 0.144. The second-order valence-electron chi connectivity index (χ2n) is 13.7. The van der Waals surface area contributed by atoms with Crippen molar-refractivity contribution in [1.82, 2.24) is 0 Å². The van der Waals surface area contributed by atoms with E-state index in [9.17, 15) is 40.2 Å². The zero-order chi connectivity index (χ0) is 38.4. The Bertz CT molecular complexity index is 1270. The van der Waals surface area contributed by atoms with Crippen molar-refractivity contribution in [1.29, 1.82) is 0 Å². The number of epoxide rings is 1. The first-order valence-electron chi connectivity index (χ1n) is 17.9. The summed E-state index contributed by atoms with van der Waals surface area (Å²) in [5.41, 5.74) is 5.98. The number of cyclic esters (lactones) is 1. The molecule has 52 heavy (non-hydrogen) atoms. The van der Waals surface area contributed by atoms with E-state index < -0.39 is 97.3 Å². The summed E-state index contributed by atoms with van der Waals surface area (Å²) >= 11 is 0. The van der Waals surface area contributed by atoms with Gasteiger partial charge in [0.1, 0.15) is 24.2 Å². The summed E-state index contributed by atoms with van der Waals surface area (Å²) < 4.78 is 28.5. The molecule has 294 valence electrons. The molecule has 4 aliphatic rings. The van der Waals surface area contributed by atoms with Gasteiger partial charge >= 0.3 is 11.9 Å². The van der Waals surface area contributed by atoms with Gasteiger partial charge in [0, 0.05) is 44.8 Å². The number of aliphatic hydroxyl groups is 6. The highest BCUT2D eigenvalue weighted by atomic mass is 16.7. The van der Waals surface area contributed by atoms with E-state index in [4.69, 9.17) is 34.5 Å². The lowest BCUT2D eigenvalue weighted by molar-refractivity contribution is -0.308. The van der Waals surface area contributed by atoms with Crippen molar-refractivity contribution in [2.75, 3.05) is 6.61 Å². The number of rotatable bonds is 5. The molecule has 15 heteroatoms. The fourth-order valence-electron chi connectivity index (χ4n) is 6.16. The van der Waals surface area contributed by atoms with Crippen molar-refractivity contribution >= 4 is 11.9 Å². The number of carbonyl (C=O) groups excluding carboxylic acids is 1. The van der Waals surface area contributed by atoms with Crippen LogP contribution in [-0.4, -0.2) is 133 Å². The topological polar surface area (TPSA) is 251 Å². The van der Waals surface area contributed by atoms with E-state index in [0.29, 0.717) is 13.0 Å². The maximum Gasteiger partial charge on any atom is 0.330 e. The Labute approximate surface area is 304 Å². The molecule has 0 spiro atoms. The van der Waals surface area contributed by atoms with Crippen LogP contribution in [0.2, 0.25) is 0 Å². The van der Waals surface area contributed by atoms with Gasteiger partial charge in [0.05, 0.1) is 48.8 Å². The molecule has 0 aromatic carbocycles. The Hall–Kier alpha value is -2.80. The third-order valence-corrected chi connectivity index (χ3v) is 9.09. The van der Waals surface area contributed by atoms with Crippen molar-refractivity contribution in [3.05, 3.63) is 60.8 Å². The van der Waals surface area contributed by atoms with Crippen LogP contribution in [0.5, 0.6) is 0 Å². The van der Waals surface area contributed by atoms with Gasteiger partial charge in [-0.1, -0.05) is 62.0 Å². The van der Waals surface area contributed by atoms with E-state index in [2.05, 4.69) is 6.92 Å². The number of aliphatic carboxylic acids is 1. The summed E-state index contributed by atoms with van der Waals surface area (Å²) in [7, 11) is 0. The van der Waals surface area contributed by atoms with Gasteiger partial charge in [-0.2, -0.15) is 0 Å². The number of nitrogens with two attached hydrogens (primary N) is 1. The van der Waals surface area contributed by atoms with Crippen molar-refractivity contribution < 1.29 is 69.0 Å². The van der Waals surface area contributed by atoms with Crippen molar-refractivity contribution in [3.8, 4) is 0 Å². The third-order valence-electron chi connectivity index (χ3n) is 9.09. The first-order valence-corrected chi connectivity index (χ1v) is 17.9. The average molecular weight is 740 g/mol. The fourth-order valence-corrected chi connectivity index (χ4v) is 6.16. The van der Waals surface area contributed by atoms with Crippen LogP contribution >= 0.6 is 0 Å². The lowest BCUT2D eigenvalue weighted by Crippen LogP contribution is -2.61. The van der Waals surface area contributed by atoms with Crippen molar-refractivity contribution in [2.24, 2.45) is 11.7 Å². The zero-order valence-corrected chi connectivity index (χ0v) is 30.0. The van der Waals surface area contributed by atoms with Gasteiger partial charge in [-0.3, -0.25) is 4.79 Å². The highest BCUT2D eigenvalue weighted by Crippen LogP contribution is 2.39. The monoisotopic (exact) mass is 739 g/mol. The molecule has 15 nitrogen and oxygen atoms in total. The number of allylic oxidation sites excluding steroid dienone is 6. The standard InChI is InChI=1S/C33H47NO13.C4H10O/c1-18-10-8-6-4-3-5-7-9-11-21(45-32-30(39)28(34)29(38)19(2)44-32)15-25-27(31(40)41)22(36)17-33(42,47-25)16-20(35)14-24-23(46-24)12-13-26(37)43-18;1-2-3-4-5/h3-9,11-13,18-25,27-30,32,35-36,38-39,42H,10,14-17,34H2,1-2H3,(H,40,41);5H,2-4H2,1H3/b4-3+,7-5+,8-6+,11-9+,13-12+;/t18-,19-,20+,21+,22+,23-,24-,25+,27-,28+,29-,30+,32+,33-;/m1./s1. The van der Waals surface area contributed by atoms with E-state index in [1.165, 1.54) is 12.2 Å². The number of aliphatic hydroxyl groups excluding tert-OH is 5. The van der Waals surface area contributed by atoms with Crippen molar-refractivity contribution in [3.63, 3.8) is 0 Å². The predicted octanol–water partition coefficient (Wildman–Crippen LogP) is 0.899. The molecule has 3 fully saturated rings. The van der Waals surface area contributed by atoms with Crippen LogP contribution in [0.15, 0.2) is 60.8 Å². The molecule has 0 unspecified atom stereocenters. The van der Waals surface area contributed by atoms with Crippen LogP contribution in [0, 0.1) is 5.92 Å². The zero-order valence-electron chi connectivity index (χ0n) is 30.0. The molecule has 0 aromatic heterocycles. The van der Waals surface area contributed by atoms with Gasteiger partial charge in [0.15, 0.2) is 12.1 Å². The summed E-state index contributed by atoms with van der Waals surface area (Å²) in [4.78, 5) is 24.4. The van der Waals surface area contributed by atoms with E-state index >= 15 is 0 Å². The third kappa shape index (κ3) is 13.9. The molecule has 0 radical (unpaired) electrons. The molecule has 0 amide bonds. The van der Waals surface area contributed by atoms with E-state index in [-0.39, 0.29) is 25.4 Å². The van der Waals surface area contributed by atoms with Crippen molar-refractivity contribution in [2.45, 2.75) is 145 Å². The van der Waals surface area contributed by atoms with Gasteiger partial charge in [-0.15, -0.1) is 0 Å². The van der Waals surface area contributed by atoms with Crippen LogP contribution in [-0.2, 0) is 33.3 Å². The number of fused-ring (bicyclic) bond motifs is 3.